The highest BCUT2D eigenvalue weighted by Gasteiger charge is 2.22. The van der Waals surface area contributed by atoms with Crippen LogP contribution >= 0.6 is 0 Å². The molecule has 1 aromatic rings. The molecule has 2 N–H and O–H groups in total. The molecular formula is C14H20N2O2. The largest absolute Gasteiger partial charge is 0.372 e. The number of ketones is 1. The third-order valence-electron chi connectivity index (χ3n) is 3.16. The molecule has 4 heteroatoms. The third-order valence-corrected chi connectivity index (χ3v) is 3.16. The average molecular weight is 248 g/mol. The fourth-order valence-corrected chi connectivity index (χ4v) is 2.36. The smallest absolute Gasteiger partial charge is 0.176 e. The maximum absolute atomic E-state index is 11.4. The number of nitrogens with two attached hydrogens (primary N) is 1. The molecule has 1 fully saturated rings. The van der Waals surface area contributed by atoms with Gasteiger partial charge in [0, 0.05) is 24.3 Å². The first-order valence-electron chi connectivity index (χ1n) is 6.34. The Morgan fingerprint density at radius 3 is 2.33 bits per heavy atom. The highest BCUT2D eigenvalue weighted by atomic mass is 16.5. The predicted octanol–water partition coefficient (Wildman–Crippen LogP) is 1.44. The van der Waals surface area contributed by atoms with Gasteiger partial charge in [0.05, 0.1) is 18.8 Å². The zero-order valence-electron chi connectivity index (χ0n) is 10.9. The number of morpholine rings is 1. The van der Waals surface area contributed by atoms with E-state index < -0.39 is 0 Å². The number of hydrogen-bond donors (Lipinski definition) is 1. The number of ether oxygens (including phenoxy) is 1. The Morgan fingerprint density at radius 1 is 1.28 bits per heavy atom. The van der Waals surface area contributed by atoms with Gasteiger partial charge in [0.25, 0.3) is 0 Å². The van der Waals surface area contributed by atoms with E-state index in [4.69, 9.17) is 10.5 Å². The second kappa shape index (κ2) is 5.50. The van der Waals surface area contributed by atoms with Gasteiger partial charge in [0.2, 0.25) is 0 Å². The van der Waals surface area contributed by atoms with Crippen molar-refractivity contribution >= 4 is 11.5 Å². The summed E-state index contributed by atoms with van der Waals surface area (Å²) in [6.07, 6.45) is 0.471. The maximum Gasteiger partial charge on any atom is 0.176 e. The van der Waals surface area contributed by atoms with Crippen LogP contribution in [0.25, 0.3) is 0 Å². The van der Waals surface area contributed by atoms with E-state index in [1.54, 1.807) is 0 Å². The van der Waals surface area contributed by atoms with Crippen molar-refractivity contribution in [3.63, 3.8) is 0 Å². The summed E-state index contributed by atoms with van der Waals surface area (Å²) in [4.78, 5) is 13.7. The zero-order chi connectivity index (χ0) is 13.1. The van der Waals surface area contributed by atoms with Gasteiger partial charge < -0.3 is 15.4 Å². The van der Waals surface area contributed by atoms with Gasteiger partial charge in [-0.1, -0.05) is 0 Å². The van der Waals surface area contributed by atoms with Crippen molar-refractivity contribution in [2.75, 3.05) is 24.5 Å². The van der Waals surface area contributed by atoms with Crippen LogP contribution in [0.5, 0.6) is 0 Å². The van der Waals surface area contributed by atoms with Crippen LogP contribution in [0.4, 0.5) is 5.69 Å². The minimum atomic E-state index is -0.0229. The van der Waals surface area contributed by atoms with E-state index in [0.717, 1.165) is 18.8 Å². The molecule has 1 saturated heterocycles. The number of benzene rings is 1. The van der Waals surface area contributed by atoms with E-state index in [2.05, 4.69) is 18.7 Å². The molecule has 2 atom stereocenters. The van der Waals surface area contributed by atoms with Gasteiger partial charge in [0.1, 0.15) is 0 Å². The van der Waals surface area contributed by atoms with Crippen LogP contribution in [0.15, 0.2) is 24.3 Å². The average Bonchev–Trinajstić information content (AvgIpc) is 2.37. The lowest BCUT2D eigenvalue weighted by atomic mass is 10.1. The molecule has 0 aromatic heterocycles. The summed E-state index contributed by atoms with van der Waals surface area (Å²) < 4.78 is 5.70. The monoisotopic (exact) mass is 248 g/mol. The van der Waals surface area contributed by atoms with E-state index in [1.807, 2.05) is 24.3 Å². The lowest BCUT2D eigenvalue weighted by molar-refractivity contribution is -0.00522. The Hall–Kier alpha value is -1.39. The van der Waals surface area contributed by atoms with Crippen molar-refractivity contribution in [3.05, 3.63) is 29.8 Å². The normalized spacial score (nSPS) is 24.1. The van der Waals surface area contributed by atoms with Crippen LogP contribution in [0.2, 0.25) is 0 Å². The number of carbonyl (C=O) groups excluding carboxylic acids is 1. The fraction of sp³-hybridized carbons (Fsp3) is 0.500. The number of carbonyl (C=O) groups is 1. The first-order chi connectivity index (χ1) is 8.60. The Kier molecular flexibility index (Phi) is 3.99. The third kappa shape index (κ3) is 2.89. The molecule has 1 aliphatic rings. The quantitative estimate of drug-likeness (QED) is 0.822. The van der Waals surface area contributed by atoms with Crippen LogP contribution in [0, 0.1) is 0 Å². The molecule has 0 saturated carbocycles. The number of Topliss-reactive ketones (excluding diaryl/α,β-unsaturated/α-hetero) is 1. The van der Waals surface area contributed by atoms with Crippen LogP contribution in [0.3, 0.4) is 0 Å². The van der Waals surface area contributed by atoms with E-state index in [1.165, 1.54) is 0 Å². The van der Waals surface area contributed by atoms with Crippen molar-refractivity contribution in [1.82, 2.24) is 0 Å². The predicted molar refractivity (Wildman–Crippen MR) is 72.0 cm³/mol. The molecule has 0 bridgehead atoms. The van der Waals surface area contributed by atoms with Gasteiger partial charge >= 0.3 is 0 Å². The van der Waals surface area contributed by atoms with Gasteiger partial charge in [-0.15, -0.1) is 0 Å². The van der Waals surface area contributed by atoms with E-state index in [0.29, 0.717) is 5.56 Å². The minimum Gasteiger partial charge on any atom is -0.372 e. The number of nitrogens with zero attached hydrogens (tertiary/aromatic N) is 1. The Labute approximate surface area is 108 Å². The molecule has 1 aliphatic heterocycles. The van der Waals surface area contributed by atoms with Gasteiger partial charge in [-0.2, -0.15) is 0 Å². The Bertz CT molecular complexity index is 406. The summed E-state index contributed by atoms with van der Waals surface area (Å²) in [6, 6.07) is 7.64. The summed E-state index contributed by atoms with van der Waals surface area (Å²) in [7, 11) is 0. The molecule has 2 unspecified atom stereocenters. The second-order valence-corrected chi connectivity index (χ2v) is 4.84. The number of hydrogen-bond acceptors (Lipinski definition) is 4. The SMILES string of the molecule is CC1CN(c2ccc(C(=O)CN)cc2)CC(C)O1. The molecule has 0 aliphatic carbocycles. The van der Waals surface area contributed by atoms with Crippen molar-refractivity contribution in [1.29, 1.82) is 0 Å². The van der Waals surface area contributed by atoms with Crippen LogP contribution < -0.4 is 10.6 Å². The van der Waals surface area contributed by atoms with Gasteiger partial charge in [-0.05, 0) is 38.1 Å². The first-order valence-corrected chi connectivity index (χ1v) is 6.34. The summed E-state index contributed by atoms with van der Waals surface area (Å²) in [5, 5.41) is 0. The maximum atomic E-state index is 11.4. The highest BCUT2D eigenvalue weighted by molar-refractivity contribution is 5.97. The minimum absolute atomic E-state index is 0.0229. The zero-order valence-corrected chi connectivity index (χ0v) is 10.9. The van der Waals surface area contributed by atoms with Crippen LogP contribution in [-0.4, -0.2) is 37.6 Å². The molecule has 0 radical (unpaired) electrons. The van der Waals surface area contributed by atoms with Gasteiger partial charge in [-0.3, -0.25) is 4.79 Å². The molecule has 98 valence electrons. The molecular weight excluding hydrogens is 228 g/mol. The van der Waals surface area contributed by atoms with E-state index in [-0.39, 0.29) is 24.5 Å². The van der Waals surface area contributed by atoms with Crippen LogP contribution in [0.1, 0.15) is 24.2 Å². The lowest BCUT2D eigenvalue weighted by Crippen LogP contribution is -2.45. The van der Waals surface area contributed by atoms with Crippen molar-refractivity contribution in [3.8, 4) is 0 Å². The van der Waals surface area contributed by atoms with Gasteiger partial charge in [-0.25, -0.2) is 0 Å². The molecule has 0 amide bonds. The highest BCUT2D eigenvalue weighted by Crippen LogP contribution is 2.20. The molecule has 1 aromatic carbocycles. The Morgan fingerprint density at radius 2 is 1.83 bits per heavy atom. The van der Waals surface area contributed by atoms with Crippen LogP contribution in [-0.2, 0) is 4.74 Å². The summed E-state index contributed by atoms with van der Waals surface area (Å²) in [5.41, 5.74) is 7.15. The second-order valence-electron chi connectivity index (χ2n) is 4.84. The topological polar surface area (TPSA) is 55.6 Å². The van der Waals surface area contributed by atoms with Crippen molar-refractivity contribution < 1.29 is 9.53 Å². The molecule has 18 heavy (non-hydrogen) atoms. The summed E-state index contributed by atoms with van der Waals surface area (Å²) in [5.74, 6) is -0.0229. The van der Waals surface area contributed by atoms with E-state index in [9.17, 15) is 4.79 Å². The number of anilines is 1. The molecule has 1 heterocycles. The Balaban J connectivity index is 2.11. The molecule has 2 rings (SSSR count). The molecule has 0 spiro atoms. The lowest BCUT2D eigenvalue weighted by Gasteiger charge is -2.36. The van der Waals surface area contributed by atoms with Gasteiger partial charge in [0.15, 0.2) is 5.78 Å². The summed E-state index contributed by atoms with van der Waals surface area (Å²) >= 11 is 0. The summed E-state index contributed by atoms with van der Waals surface area (Å²) in [6.45, 7) is 5.98. The fourth-order valence-electron chi connectivity index (χ4n) is 2.36. The molecule has 4 nitrogen and oxygen atoms in total. The van der Waals surface area contributed by atoms with E-state index >= 15 is 0 Å². The van der Waals surface area contributed by atoms with Crippen molar-refractivity contribution in [2.24, 2.45) is 5.73 Å². The number of rotatable bonds is 3. The van der Waals surface area contributed by atoms with Crippen molar-refractivity contribution in [2.45, 2.75) is 26.1 Å². The first kappa shape index (κ1) is 13.1. The standard InChI is InChI=1S/C14H20N2O2/c1-10-8-16(9-11(2)18-10)13-5-3-12(4-6-13)14(17)7-15/h3-6,10-11H,7-9,15H2,1-2H3.